The summed E-state index contributed by atoms with van der Waals surface area (Å²) in [7, 11) is 0. The number of nitrogens with one attached hydrogen (secondary N) is 2. The van der Waals surface area contributed by atoms with Crippen LogP contribution in [-0.2, 0) is 9.59 Å². The fraction of sp³-hybridized carbons (Fsp3) is 0.500. The van der Waals surface area contributed by atoms with Gasteiger partial charge in [0.05, 0.1) is 0 Å². The summed E-state index contributed by atoms with van der Waals surface area (Å²) in [5.41, 5.74) is 1.83. The fourth-order valence-corrected chi connectivity index (χ4v) is 3.54. The average Bonchev–Trinajstić information content (AvgIpc) is 2.45. The van der Waals surface area contributed by atoms with Gasteiger partial charge < -0.3 is 10.6 Å². The number of carbonyl (C=O) groups is 2. The summed E-state index contributed by atoms with van der Waals surface area (Å²) in [5.74, 6) is 0.398. The molecule has 1 aromatic carbocycles. The molecule has 1 amide bonds. The summed E-state index contributed by atoms with van der Waals surface area (Å²) >= 11 is 5.20. The minimum atomic E-state index is -0.117. The maximum absolute atomic E-state index is 12.2. The van der Waals surface area contributed by atoms with E-state index < -0.39 is 0 Å². The van der Waals surface area contributed by atoms with Crippen molar-refractivity contribution in [3.8, 4) is 0 Å². The summed E-state index contributed by atoms with van der Waals surface area (Å²) in [4.78, 5) is 23.7. The number of thiocarbonyl (C=S) groups is 1. The quantitative estimate of drug-likeness (QED) is 0.829. The minimum Gasteiger partial charge on any atom is -0.332 e. The SMILES string of the molecule is CC(=O)[C@@H]1C[C@H](CC(=O)NC(=S)Nc2ccccc2C)C1(C)C. The highest BCUT2D eigenvalue weighted by Crippen LogP contribution is 2.53. The Balaban J connectivity index is 1.85. The number of ketones is 1. The number of anilines is 1. The Bertz CT molecular complexity index is 640. The Kier molecular flexibility index (Phi) is 5.19. The molecular weight excluding hydrogens is 308 g/mol. The summed E-state index contributed by atoms with van der Waals surface area (Å²) in [6.07, 6.45) is 1.18. The number of amides is 1. The van der Waals surface area contributed by atoms with Crippen LogP contribution < -0.4 is 10.6 Å². The van der Waals surface area contributed by atoms with E-state index in [0.717, 1.165) is 17.7 Å². The number of rotatable bonds is 4. The van der Waals surface area contributed by atoms with Crippen molar-refractivity contribution in [2.24, 2.45) is 17.3 Å². The molecule has 2 atom stereocenters. The Labute approximate surface area is 143 Å². The minimum absolute atomic E-state index is 0.0670. The van der Waals surface area contributed by atoms with Gasteiger partial charge in [-0.05, 0) is 55.4 Å². The third-order valence-corrected chi connectivity index (χ3v) is 5.24. The van der Waals surface area contributed by atoms with E-state index in [2.05, 4.69) is 24.5 Å². The maximum atomic E-state index is 12.2. The molecule has 0 heterocycles. The highest BCUT2D eigenvalue weighted by Gasteiger charge is 2.50. The molecule has 0 saturated heterocycles. The molecule has 1 aliphatic carbocycles. The molecule has 2 N–H and O–H groups in total. The van der Waals surface area contributed by atoms with Gasteiger partial charge in [-0.25, -0.2) is 0 Å². The predicted molar refractivity (Wildman–Crippen MR) is 96.2 cm³/mol. The fourth-order valence-electron chi connectivity index (χ4n) is 3.32. The highest BCUT2D eigenvalue weighted by molar-refractivity contribution is 7.80. The molecule has 0 bridgehead atoms. The lowest BCUT2D eigenvalue weighted by Gasteiger charge is -2.51. The average molecular weight is 332 g/mol. The van der Waals surface area contributed by atoms with Gasteiger partial charge in [0, 0.05) is 18.0 Å². The Morgan fingerprint density at radius 2 is 1.96 bits per heavy atom. The second-order valence-electron chi connectivity index (χ2n) is 6.94. The van der Waals surface area contributed by atoms with E-state index in [1.165, 1.54) is 0 Å². The molecule has 124 valence electrons. The number of aryl methyl sites for hydroxylation is 1. The largest absolute Gasteiger partial charge is 0.332 e. The van der Waals surface area contributed by atoms with Crippen LogP contribution in [0.25, 0.3) is 0 Å². The van der Waals surface area contributed by atoms with Gasteiger partial charge in [-0.2, -0.15) is 0 Å². The lowest BCUT2D eigenvalue weighted by atomic mass is 9.52. The zero-order valence-corrected chi connectivity index (χ0v) is 14.9. The first kappa shape index (κ1) is 17.6. The van der Waals surface area contributed by atoms with Crippen LogP contribution in [-0.4, -0.2) is 16.8 Å². The summed E-state index contributed by atoms with van der Waals surface area (Å²) in [5, 5.41) is 6.09. The molecule has 4 nitrogen and oxygen atoms in total. The third kappa shape index (κ3) is 3.96. The number of Topliss-reactive ketones (excluding diaryl/α,β-unsaturated/α-hetero) is 1. The molecule has 0 spiro atoms. The zero-order chi connectivity index (χ0) is 17.2. The van der Waals surface area contributed by atoms with E-state index in [9.17, 15) is 9.59 Å². The van der Waals surface area contributed by atoms with E-state index in [1.54, 1.807) is 6.92 Å². The molecule has 1 fully saturated rings. The van der Waals surface area contributed by atoms with Crippen LogP contribution in [0.2, 0.25) is 0 Å². The molecule has 0 unspecified atom stereocenters. The van der Waals surface area contributed by atoms with Crippen LogP contribution in [0, 0.1) is 24.2 Å². The number of hydrogen-bond donors (Lipinski definition) is 2. The predicted octanol–water partition coefficient (Wildman–Crippen LogP) is 3.45. The number of benzene rings is 1. The van der Waals surface area contributed by atoms with Crippen molar-refractivity contribution in [1.29, 1.82) is 0 Å². The Hall–Kier alpha value is -1.75. The molecule has 0 aliphatic heterocycles. The Morgan fingerprint density at radius 1 is 1.30 bits per heavy atom. The van der Waals surface area contributed by atoms with Crippen LogP contribution in [0.4, 0.5) is 5.69 Å². The molecule has 1 aromatic rings. The van der Waals surface area contributed by atoms with E-state index in [-0.39, 0.29) is 28.9 Å². The van der Waals surface area contributed by atoms with Crippen LogP contribution in [0.5, 0.6) is 0 Å². The normalized spacial score (nSPS) is 21.9. The molecular formula is C18H24N2O2S. The van der Waals surface area contributed by atoms with Crippen molar-refractivity contribution in [3.05, 3.63) is 29.8 Å². The van der Waals surface area contributed by atoms with Gasteiger partial charge in [-0.15, -0.1) is 0 Å². The van der Waals surface area contributed by atoms with Gasteiger partial charge in [-0.3, -0.25) is 9.59 Å². The van der Waals surface area contributed by atoms with E-state index in [4.69, 9.17) is 12.2 Å². The van der Waals surface area contributed by atoms with E-state index in [1.807, 2.05) is 31.2 Å². The van der Waals surface area contributed by atoms with Crippen LogP contribution in [0.3, 0.4) is 0 Å². The monoisotopic (exact) mass is 332 g/mol. The van der Waals surface area contributed by atoms with E-state index in [0.29, 0.717) is 11.5 Å². The zero-order valence-electron chi connectivity index (χ0n) is 14.1. The molecule has 0 radical (unpaired) electrons. The van der Waals surface area contributed by atoms with Crippen molar-refractivity contribution in [2.75, 3.05) is 5.32 Å². The first-order chi connectivity index (χ1) is 10.7. The van der Waals surface area contributed by atoms with Crippen molar-refractivity contribution in [1.82, 2.24) is 5.32 Å². The van der Waals surface area contributed by atoms with Crippen LogP contribution in [0.15, 0.2) is 24.3 Å². The smallest absolute Gasteiger partial charge is 0.226 e. The number of carbonyl (C=O) groups excluding carboxylic acids is 2. The molecule has 1 aliphatic rings. The first-order valence-corrected chi connectivity index (χ1v) is 8.29. The van der Waals surface area contributed by atoms with Crippen LogP contribution in [0.1, 0.15) is 39.2 Å². The highest BCUT2D eigenvalue weighted by atomic mass is 32.1. The molecule has 5 heteroatoms. The summed E-state index contributed by atoms with van der Waals surface area (Å²) in [6, 6.07) is 7.76. The van der Waals surface area contributed by atoms with Crippen molar-refractivity contribution in [2.45, 2.75) is 40.5 Å². The molecule has 23 heavy (non-hydrogen) atoms. The molecule has 0 aromatic heterocycles. The number of para-hydroxylation sites is 1. The number of hydrogen-bond acceptors (Lipinski definition) is 3. The molecule has 2 rings (SSSR count). The Morgan fingerprint density at radius 3 is 2.52 bits per heavy atom. The topological polar surface area (TPSA) is 58.2 Å². The molecule has 1 saturated carbocycles. The lowest BCUT2D eigenvalue weighted by molar-refractivity contribution is -0.140. The summed E-state index contributed by atoms with van der Waals surface area (Å²) < 4.78 is 0. The van der Waals surface area contributed by atoms with Crippen molar-refractivity contribution >= 4 is 34.7 Å². The van der Waals surface area contributed by atoms with Gasteiger partial charge in [0.15, 0.2) is 5.11 Å². The van der Waals surface area contributed by atoms with Gasteiger partial charge in [0.25, 0.3) is 0 Å². The third-order valence-electron chi connectivity index (χ3n) is 5.04. The van der Waals surface area contributed by atoms with Crippen LogP contribution >= 0.6 is 12.2 Å². The van der Waals surface area contributed by atoms with Gasteiger partial charge in [0.1, 0.15) is 5.78 Å². The maximum Gasteiger partial charge on any atom is 0.226 e. The first-order valence-electron chi connectivity index (χ1n) is 7.88. The van der Waals surface area contributed by atoms with E-state index >= 15 is 0 Å². The van der Waals surface area contributed by atoms with Gasteiger partial charge in [-0.1, -0.05) is 32.0 Å². The van der Waals surface area contributed by atoms with Gasteiger partial charge in [0.2, 0.25) is 5.91 Å². The second kappa shape index (κ2) is 6.79. The lowest BCUT2D eigenvalue weighted by Crippen LogP contribution is -2.50. The second-order valence-corrected chi connectivity index (χ2v) is 7.35. The van der Waals surface area contributed by atoms with Gasteiger partial charge >= 0.3 is 0 Å². The summed E-state index contributed by atoms with van der Waals surface area (Å²) in [6.45, 7) is 7.73. The van der Waals surface area contributed by atoms with Crippen molar-refractivity contribution in [3.63, 3.8) is 0 Å². The van der Waals surface area contributed by atoms with Crippen molar-refractivity contribution < 1.29 is 9.59 Å². The standard InChI is InChI=1S/C18H24N2O2S/c1-11-7-5-6-8-15(11)19-17(23)20-16(22)10-13-9-14(12(2)21)18(13,3)4/h5-8,13-14H,9-10H2,1-4H3,(H2,19,20,22,23)/t13-,14+/m1/s1.